The zero-order valence-corrected chi connectivity index (χ0v) is 8.36. The molecule has 0 fully saturated rings. The molecule has 0 aromatic rings. The van der Waals surface area contributed by atoms with Crippen molar-refractivity contribution in [2.24, 2.45) is 5.92 Å². The molecule has 2 unspecified atom stereocenters. The number of hydrogen-bond donors (Lipinski definition) is 1. The first-order valence-electron chi connectivity index (χ1n) is 3.92. The summed E-state index contributed by atoms with van der Waals surface area (Å²) in [5.41, 5.74) is 0. The molecule has 0 heterocycles. The van der Waals surface area contributed by atoms with E-state index >= 15 is 0 Å². The highest BCUT2D eigenvalue weighted by Gasteiger charge is 2.02. The van der Waals surface area contributed by atoms with Crippen molar-refractivity contribution in [2.75, 3.05) is 25.2 Å². The Morgan fingerprint density at radius 2 is 2.00 bits per heavy atom. The lowest BCUT2D eigenvalue weighted by Crippen LogP contribution is -2.11. The van der Waals surface area contributed by atoms with Gasteiger partial charge < -0.3 is 9.84 Å². The van der Waals surface area contributed by atoms with E-state index in [-0.39, 0.29) is 6.61 Å². The molecular formula is C8H18O2S. The summed E-state index contributed by atoms with van der Waals surface area (Å²) in [6.07, 6.45) is 0.325. The Morgan fingerprint density at radius 3 is 2.45 bits per heavy atom. The molecule has 2 atom stereocenters. The second-order valence-electron chi connectivity index (χ2n) is 2.87. The van der Waals surface area contributed by atoms with Crippen molar-refractivity contribution < 1.29 is 9.84 Å². The predicted octanol–water partition coefficient (Wildman–Crippen LogP) is 1.38. The summed E-state index contributed by atoms with van der Waals surface area (Å²) < 4.78 is 5.08. The summed E-state index contributed by atoms with van der Waals surface area (Å²) in [7, 11) is 1.72. The average molecular weight is 178 g/mol. The van der Waals surface area contributed by atoms with E-state index in [2.05, 4.69) is 6.92 Å². The predicted molar refractivity (Wildman–Crippen MR) is 50.0 cm³/mol. The summed E-state index contributed by atoms with van der Waals surface area (Å²) in [4.78, 5) is 0. The molecule has 2 nitrogen and oxygen atoms in total. The Kier molecular flexibility index (Phi) is 7.12. The lowest BCUT2D eigenvalue weighted by atomic mass is 10.2. The van der Waals surface area contributed by atoms with Gasteiger partial charge in [0.2, 0.25) is 0 Å². The molecule has 0 rings (SSSR count). The first kappa shape index (κ1) is 11.3. The molecule has 0 saturated heterocycles. The van der Waals surface area contributed by atoms with Crippen LogP contribution < -0.4 is 0 Å². The number of aliphatic hydroxyl groups excluding tert-OH is 1. The van der Waals surface area contributed by atoms with Gasteiger partial charge in [0.25, 0.3) is 0 Å². The van der Waals surface area contributed by atoms with Gasteiger partial charge in [-0.25, -0.2) is 0 Å². The molecule has 0 aromatic heterocycles. The van der Waals surface area contributed by atoms with E-state index in [1.165, 1.54) is 0 Å². The van der Waals surface area contributed by atoms with Gasteiger partial charge in [-0.3, -0.25) is 0 Å². The minimum absolute atomic E-state index is 0.286. The fourth-order valence-corrected chi connectivity index (χ4v) is 1.67. The van der Waals surface area contributed by atoms with Crippen molar-refractivity contribution >= 4 is 11.8 Å². The van der Waals surface area contributed by atoms with Crippen LogP contribution in [0.2, 0.25) is 0 Å². The molecule has 0 amide bonds. The highest BCUT2D eigenvalue weighted by molar-refractivity contribution is 7.99. The molecule has 0 aromatic carbocycles. The Morgan fingerprint density at radius 1 is 1.36 bits per heavy atom. The number of rotatable bonds is 6. The fourth-order valence-electron chi connectivity index (χ4n) is 0.556. The molecule has 3 heteroatoms. The van der Waals surface area contributed by atoms with Gasteiger partial charge in [-0.1, -0.05) is 6.92 Å². The SMILES string of the molecule is COC(C)CSCC(C)CO. The van der Waals surface area contributed by atoms with Crippen LogP contribution in [-0.2, 0) is 4.74 Å². The van der Waals surface area contributed by atoms with Gasteiger partial charge in [0.1, 0.15) is 0 Å². The fraction of sp³-hybridized carbons (Fsp3) is 1.00. The van der Waals surface area contributed by atoms with Crippen molar-refractivity contribution in [3.05, 3.63) is 0 Å². The summed E-state index contributed by atoms with van der Waals surface area (Å²) >= 11 is 1.83. The zero-order valence-electron chi connectivity index (χ0n) is 7.54. The molecule has 11 heavy (non-hydrogen) atoms. The number of ether oxygens (including phenoxy) is 1. The van der Waals surface area contributed by atoms with Crippen LogP contribution in [0.15, 0.2) is 0 Å². The molecular weight excluding hydrogens is 160 g/mol. The van der Waals surface area contributed by atoms with Gasteiger partial charge in [-0.05, 0) is 18.6 Å². The molecule has 0 bridgehead atoms. The normalized spacial score (nSPS) is 16.4. The van der Waals surface area contributed by atoms with Gasteiger partial charge in [0.15, 0.2) is 0 Å². The quantitative estimate of drug-likeness (QED) is 0.666. The average Bonchev–Trinajstić information content (AvgIpc) is 2.04. The van der Waals surface area contributed by atoms with E-state index in [0.717, 1.165) is 11.5 Å². The third-order valence-electron chi connectivity index (χ3n) is 1.47. The maximum atomic E-state index is 8.71. The minimum Gasteiger partial charge on any atom is -0.396 e. The molecule has 1 N–H and O–H groups in total. The summed E-state index contributed by atoms with van der Waals surface area (Å²) in [6.45, 7) is 4.38. The van der Waals surface area contributed by atoms with Crippen LogP contribution in [0.25, 0.3) is 0 Å². The standard InChI is InChI=1S/C8H18O2S/c1-7(4-9)5-11-6-8(2)10-3/h7-9H,4-6H2,1-3H3. The van der Waals surface area contributed by atoms with Crippen molar-refractivity contribution in [1.82, 2.24) is 0 Å². The number of methoxy groups -OCH3 is 1. The number of thioether (sulfide) groups is 1. The number of hydrogen-bond acceptors (Lipinski definition) is 3. The molecule has 0 radical (unpaired) electrons. The molecule has 0 saturated carbocycles. The lowest BCUT2D eigenvalue weighted by Gasteiger charge is -2.10. The van der Waals surface area contributed by atoms with Crippen molar-refractivity contribution in [3.8, 4) is 0 Å². The van der Waals surface area contributed by atoms with Crippen molar-refractivity contribution in [1.29, 1.82) is 0 Å². The maximum absolute atomic E-state index is 8.71. The number of aliphatic hydroxyl groups is 1. The van der Waals surface area contributed by atoms with Gasteiger partial charge in [-0.2, -0.15) is 11.8 Å². The molecule has 0 aliphatic rings. The second-order valence-corrected chi connectivity index (χ2v) is 3.95. The first-order chi connectivity index (χ1) is 5.20. The van der Waals surface area contributed by atoms with E-state index in [1.54, 1.807) is 7.11 Å². The summed E-state index contributed by atoms with van der Waals surface area (Å²) in [6, 6.07) is 0. The van der Waals surface area contributed by atoms with E-state index < -0.39 is 0 Å². The maximum Gasteiger partial charge on any atom is 0.0633 e. The van der Waals surface area contributed by atoms with Gasteiger partial charge in [-0.15, -0.1) is 0 Å². The summed E-state index contributed by atoms with van der Waals surface area (Å²) in [5.74, 6) is 2.44. The van der Waals surface area contributed by atoms with E-state index in [1.807, 2.05) is 18.7 Å². The summed E-state index contributed by atoms with van der Waals surface area (Å²) in [5, 5.41) is 8.71. The van der Waals surface area contributed by atoms with Crippen LogP contribution in [0.3, 0.4) is 0 Å². The third kappa shape index (κ3) is 6.66. The largest absolute Gasteiger partial charge is 0.396 e. The second kappa shape index (κ2) is 6.95. The smallest absolute Gasteiger partial charge is 0.0633 e. The van der Waals surface area contributed by atoms with Crippen LogP contribution in [0.5, 0.6) is 0 Å². The first-order valence-corrected chi connectivity index (χ1v) is 5.07. The Balaban J connectivity index is 3.13. The van der Waals surface area contributed by atoms with Crippen LogP contribution in [0.4, 0.5) is 0 Å². The van der Waals surface area contributed by atoms with Crippen LogP contribution >= 0.6 is 11.8 Å². The minimum atomic E-state index is 0.286. The van der Waals surface area contributed by atoms with E-state index in [9.17, 15) is 0 Å². The highest BCUT2D eigenvalue weighted by Crippen LogP contribution is 2.09. The lowest BCUT2D eigenvalue weighted by molar-refractivity contribution is 0.137. The van der Waals surface area contributed by atoms with Crippen LogP contribution in [0, 0.1) is 5.92 Å². The topological polar surface area (TPSA) is 29.5 Å². The monoisotopic (exact) mass is 178 g/mol. The van der Waals surface area contributed by atoms with Gasteiger partial charge >= 0.3 is 0 Å². The van der Waals surface area contributed by atoms with Gasteiger partial charge in [0.05, 0.1) is 6.10 Å². The molecule has 68 valence electrons. The van der Waals surface area contributed by atoms with Crippen LogP contribution in [-0.4, -0.2) is 36.4 Å². The molecule has 0 spiro atoms. The Hall–Kier alpha value is 0.270. The van der Waals surface area contributed by atoms with Crippen molar-refractivity contribution in [3.63, 3.8) is 0 Å². The van der Waals surface area contributed by atoms with Gasteiger partial charge in [0, 0.05) is 19.5 Å². The van der Waals surface area contributed by atoms with Crippen LogP contribution in [0.1, 0.15) is 13.8 Å². The van der Waals surface area contributed by atoms with E-state index in [4.69, 9.17) is 9.84 Å². The Bertz CT molecular complexity index is 78.2. The zero-order chi connectivity index (χ0) is 8.69. The third-order valence-corrected chi connectivity index (χ3v) is 2.98. The van der Waals surface area contributed by atoms with E-state index in [0.29, 0.717) is 12.0 Å². The Labute approximate surface area is 73.3 Å². The van der Waals surface area contributed by atoms with Crippen molar-refractivity contribution in [2.45, 2.75) is 20.0 Å². The molecule has 0 aliphatic carbocycles. The molecule has 0 aliphatic heterocycles. The highest BCUT2D eigenvalue weighted by atomic mass is 32.2.